The van der Waals surface area contributed by atoms with Crippen LogP contribution < -0.4 is 15.6 Å². The lowest BCUT2D eigenvalue weighted by Gasteiger charge is -2.28. The minimum atomic E-state index is -0.998. The van der Waals surface area contributed by atoms with Gasteiger partial charge in [0.25, 0.3) is 0 Å². The Hall–Kier alpha value is -4.32. The molecule has 1 aromatic heterocycles. The van der Waals surface area contributed by atoms with Crippen molar-refractivity contribution in [3.8, 4) is 0 Å². The molecule has 36 heavy (non-hydrogen) atoms. The molecule has 6 nitrogen and oxygen atoms in total. The Labute approximate surface area is 209 Å². The number of carboxylic acid groups (broad SMARTS) is 1. The number of carbonyl (C=O) groups is 1. The number of hydrogen-bond acceptors (Lipinski definition) is 5. The van der Waals surface area contributed by atoms with E-state index in [1.807, 2.05) is 44.2 Å². The Morgan fingerprint density at radius 3 is 2.53 bits per heavy atom. The SMILES string of the molecule is Cc1cc(C(C)Nc2ccccc2C(=O)O)c2oc(C3=CCN(c4ccccc4)CC3)cc(=O)c2c1. The molecule has 2 heterocycles. The second-order valence-electron chi connectivity index (χ2n) is 9.18. The van der Waals surface area contributed by atoms with Gasteiger partial charge in [-0.1, -0.05) is 42.5 Å². The molecule has 0 amide bonds. The van der Waals surface area contributed by atoms with Crippen LogP contribution in [0.25, 0.3) is 16.5 Å². The van der Waals surface area contributed by atoms with Gasteiger partial charge in [0.1, 0.15) is 11.3 Å². The van der Waals surface area contributed by atoms with Crippen molar-refractivity contribution in [2.45, 2.75) is 26.3 Å². The zero-order valence-electron chi connectivity index (χ0n) is 20.3. The number of carboxylic acids is 1. The highest BCUT2D eigenvalue weighted by Crippen LogP contribution is 2.32. The molecule has 1 aliphatic rings. The molecular formula is C30H28N2O4. The molecule has 0 bridgehead atoms. The van der Waals surface area contributed by atoms with Gasteiger partial charge in [0.05, 0.1) is 17.0 Å². The van der Waals surface area contributed by atoms with Crippen LogP contribution in [-0.4, -0.2) is 24.2 Å². The van der Waals surface area contributed by atoms with Gasteiger partial charge in [0.2, 0.25) is 0 Å². The van der Waals surface area contributed by atoms with E-state index >= 15 is 0 Å². The number of nitrogens with zero attached hydrogens (tertiary/aromatic N) is 1. The monoisotopic (exact) mass is 480 g/mol. The molecule has 0 fully saturated rings. The normalized spacial score (nSPS) is 14.4. The molecule has 1 atom stereocenters. The van der Waals surface area contributed by atoms with Gasteiger partial charge in [-0.15, -0.1) is 0 Å². The predicted octanol–water partition coefficient (Wildman–Crippen LogP) is 6.27. The van der Waals surface area contributed by atoms with E-state index in [4.69, 9.17) is 4.42 Å². The molecule has 5 rings (SSSR count). The number of nitrogens with one attached hydrogen (secondary N) is 1. The minimum Gasteiger partial charge on any atom is -0.478 e. The van der Waals surface area contributed by atoms with E-state index in [9.17, 15) is 14.7 Å². The number of aromatic carboxylic acids is 1. The highest BCUT2D eigenvalue weighted by atomic mass is 16.4. The van der Waals surface area contributed by atoms with Crippen molar-refractivity contribution in [3.63, 3.8) is 0 Å². The number of anilines is 2. The van der Waals surface area contributed by atoms with Crippen LogP contribution >= 0.6 is 0 Å². The zero-order valence-corrected chi connectivity index (χ0v) is 20.3. The van der Waals surface area contributed by atoms with Crippen LogP contribution in [0.4, 0.5) is 11.4 Å². The van der Waals surface area contributed by atoms with E-state index < -0.39 is 5.97 Å². The van der Waals surface area contributed by atoms with Gasteiger partial charge >= 0.3 is 5.97 Å². The number of hydrogen-bond donors (Lipinski definition) is 2. The molecule has 3 aromatic carbocycles. The molecule has 1 unspecified atom stereocenters. The van der Waals surface area contributed by atoms with Gasteiger partial charge in [0.15, 0.2) is 5.43 Å². The molecule has 6 heteroatoms. The Morgan fingerprint density at radius 2 is 1.81 bits per heavy atom. The van der Waals surface area contributed by atoms with Crippen LogP contribution in [0.1, 0.15) is 46.6 Å². The third-order valence-electron chi connectivity index (χ3n) is 6.64. The molecule has 0 spiro atoms. The fourth-order valence-electron chi connectivity index (χ4n) is 4.79. The van der Waals surface area contributed by atoms with Crippen LogP contribution in [0, 0.1) is 6.92 Å². The number of para-hydroxylation sites is 2. The van der Waals surface area contributed by atoms with Crippen molar-refractivity contribution in [1.82, 2.24) is 0 Å². The van der Waals surface area contributed by atoms with Crippen molar-refractivity contribution in [3.05, 3.63) is 112 Å². The fraction of sp³-hybridized carbons (Fsp3) is 0.200. The lowest BCUT2D eigenvalue weighted by atomic mass is 9.99. The van der Waals surface area contributed by atoms with Gasteiger partial charge in [-0.2, -0.15) is 0 Å². The van der Waals surface area contributed by atoms with Crippen molar-refractivity contribution in [2.75, 3.05) is 23.3 Å². The lowest BCUT2D eigenvalue weighted by Crippen LogP contribution is -2.28. The van der Waals surface area contributed by atoms with Gasteiger partial charge in [-0.3, -0.25) is 4.79 Å². The summed E-state index contributed by atoms with van der Waals surface area (Å²) in [5, 5.41) is 13.4. The summed E-state index contributed by atoms with van der Waals surface area (Å²) in [6.07, 6.45) is 2.89. The summed E-state index contributed by atoms with van der Waals surface area (Å²) in [4.78, 5) is 27.1. The molecule has 182 valence electrons. The van der Waals surface area contributed by atoms with Crippen molar-refractivity contribution in [2.24, 2.45) is 0 Å². The molecule has 0 saturated carbocycles. The van der Waals surface area contributed by atoms with Crippen LogP contribution in [0.5, 0.6) is 0 Å². The van der Waals surface area contributed by atoms with E-state index in [-0.39, 0.29) is 17.0 Å². The molecule has 4 aromatic rings. The second kappa shape index (κ2) is 9.74. The van der Waals surface area contributed by atoms with E-state index in [1.165, 1.54) is 5.69 Å². The van der Waals surface area contributed by atoms with Gasteiger partial charge in [-0.25, -0.2) is 4.79 Å². The van der Waals surface area contributed by atoms with Crippen molar-refractivity contribution >= 4 is 33.9 Å². The third-order valence-corrected chi connectivity index (χ3v) is 6.64. The van der Waals surface area contributed by atoms with E-state index in [0.717, 1.165) is 36.2 Å². The van der Waals surface area contributed by atoms with Gasteiger partial charge in [0, 0.05) is 36.1 Å². The first-order valence-electron chi connectivity index (χ1n) is 12.1. The summed E-state index contributed by atoms with van der Waals surface area (Å²) in [5.41, 5.74) is 5.10. The standard InChI is InChI=1S/C30H28N2O4/c1-19-16-24(20(2)31-26-11-7-6-10-23(26)30(34)35)29-25(17-19)27(33)18-28(36-29)21-12-14-32(15-13-21)22-8-4-3-5-9-22/h3-12,16-18,20,31H,13-15H2,1-2H3,(H,34,35). The number of aryl methyl sites for hydroxylation is 1. The highest BCUT2D eigenvalue weighted by Gasteiger charge is 2.20. The van der Waals surface area contributed by atoms with Gasteiger partial charge < -0.3 is 19.7 Å². The van der Waals surface area contributed by atoms with Crippen LogP contribution in [0.3, 0.4) is 0 Å². The summed E-state index contributed by atoms with van der Waals surface area (Å²) in [5.74, 6) is -0.412. The average molecular weight is 481 g/mol. The van der Waals surface area contributed by atoms with Crippen molar-refractivity contribution in [1.29, 1.82) is 0 Å². The zero-order chi connectivity index (χ0) is 25.2. The Kier molecular flexibility index (Phi) is 6.34. The summed E-state index contributed by atoms with van der Waals surface area (Å²) in [6.45, 7) is 5.46. The summed E-state index contributed by atoms with van der Waals surface area (Å²) in [7, 11) is 0. The number of fused-ring (bicyclic) bond motifs is 1. The maximum atomic E-state index is 13.2. The molecule has 0 saturated heterocycles. The third kappa shape index (κ3) is 4.62. The first kappa shape index (κ1) is 23.4. The minimum absolute atomic E-state index is 0.0827. The Morgan fingerprint density at radius 1 is 1.06 bits per heavy atom. The Balaban J connectivity index is 1.51. The largest absolute Gasteiger partial charge is 0.478 e. The molecule has 2 N–H and O–H groups in total. The summed E-state index contributed by atoms with van der Waals surface area (Å²) < 4.78 is 6.40. The lowest BCUT2D eigenvalue weighted by molar-refractivity contribution is 0.0698. The molecule has 1 aliphatic heterocycles. The average Bonchev–Trinajstić information content (AvgIpc) is 2.89. The molecular weight excluding hydrogens is 452 g/mol. The Bertz CT molecular complexity index is 1520. The predicted molar refractivity (Wildman–Crippen MR) is 144 cm³/mol. The maximum absolute atomic E-state index is 13.2. The van der Waals surface area contributed by atoms with E-state index in [2.05, 4.69) is 28.4 Å². The quantitative estimate of drug-likeness (QED) is 0.339. The molecule has 0 aliphatic carbocycles. The fourth-order valence-corrected chi connectivity index (χ4v) is 4.79. The van der Waals surface area contributed by atoms with E-state index in [0.29, 0.717) is 22.4 Å². The van der Waals surface area contributed by atoms with Gasteiger partial charge in [-0.05, 0) is 61.7 Å². The second-order valence-corrected chi connectivity index (χ2v) is 9.18. The first-order chi connectivity index (χ1) is 17.4. The summed E-state index contributed by atoms with van der Waals surface area (Å²) >= 11 is 0. The highest BCUT2D eigenvalue weighted by molar-refractivity contribution is 5.94. The maximum Gasteiger partial charge on any atom is 0.337 e. The topological polar surface area (TPSA) is 82.8 Å². The van der Waals surface area contributed by atoms with Crippen molar-refractivity contribution < 1.29 is 14.3 Å². The van der Waals surface area contributed by atoms with Crippen LogP contribution in [-0.2, 0) is 0 Å². The summed E-state index contributed by atoms with van der Waals surface area (Å²) in [6, 6.07) is 22.2. The van der Waals surface area contributed by atoms with E-state index in [1.54, 1.807) is 30.3 Å². The number of rotatable bonds is 6. The number of benzene rings is 3. The smallest absolute Gasteiger partial charge is 0.337 e. The van der Waals surface area contributed by atoms with Crippen LogP contribution in [0.15, 0.2) is 88.1 Å². The first-order valence-corrected chi connectivity index (χ1v) is 12.1. The molecule has 0 radical (unpaired) electrons. The van der Waals surface area contributed by atoms with Crippen LogP contribution in [0.2, 0.25) is 0 Å².